The van der Waals surface area contributed by atoms with Gasteiger partial charge in [0, 0.05) is 5.02 Å². The van der Waals surface area contributed by atoms with Crippen molar-refractivity contribution in [1.29, 1.82) is 0 Å². The first-order chi connectivity index (χ1) is 8.69. The van der Waals surface area contributed by atoms with Crippen molar-refractivity contribution in [3.63, 3.8) is 0 Å². The van der Waals surface area contributed by atoms with Gasteiger partial charge in [-0.3, -0.25) is 0 Å². The molecule has 0 atom stereocenters. The average molecular weight is 266 g/mol. The molecule has 2 aromatic rings. The van der Waals surface area contributed by atoms with Crippen LogP contribution in [0.2, 0.25) is 5.02 Å². The molecule has 0 saturated carbocycles. The van der Waals surface area contributed by atoms with Crippen LogP contribution in [0.3, 0.4) is 0 Å². The lowest BCUT2D eigenvalue weighted by atomic mass is 10.1. The van der Waals surface area contributed by atoms with Gasteiger partial charge in [-0.25, -0.2) is 4.39 Å². The average Bonchev–Trinajstić information content (AvgIpc) is 2.36. The Labute approximate surface area is 110 Å². The van der Waals surface area contributed by atoms with Gasteiger partial charge in [-0.1, -0.05) is 17.7 Å². The maximum atomic E-state index is 12.8. The molecule has 0 unspecified atom stereocenters. The normalized spacial score (nSPS) is 10.4. The molecule has 0 heterocycles. The van der Waals surface area contributed by atoms with Gasteiger partial charge in [0.1, 0.15) is 17.3 Å². The highest BCUT2D eigenvalue weighted by molar-refractivity contribution is 6.30. The summed E-state index contributed by atoms with van der Waals surface area (Å²) in [7, 11) is 0. The Morgan fingerprint density at radius 1 is 1.11 bits per heavy atom. The Kier molecular flexibility index (Phi) is 4.18. The predicted octanol–water partition coefficient (Wildman–Crippen LogP) is 3.77. The van der Waals surface area contributed by atoms with E-state index in [0.29, 0.717) is 29.5 Å². The van der Waals surface area contributed by atoms with Crippen LogP contribution >= 0.6 is 11.6 Å². The molecule has 0 spiro atoms. The summed E-state index contributed by atoms with van der Waals surface area (Å²) < 4.78 is 18.5. The standard InChI is InChI=1S/C14H13ClFNO/c15-11-2-1-10(7-8-17)14(9-11)18-13-5-3-12(16)4-6-13/h1-6,9H,7-8,17H2. The molecule has 0 aliphatic heterocycles. The van der Waals surface area contributed by atoms with Gasteiger partial charge in [0.15, 0.2) is 0 Å². The molecule has 0 amide bonds. The molecule has 18 heavy (non-hydrogen) atoms. The van der Waals surface area contributed by atoms with Gasteiger partial charge in [0.05, 0.1) is 0 Å². The van der Waals surface area contributed by atoms with Crippen LogP contribution in [0.1, 0.15) is 5.56 Å². The highest BCUT2D eigenvalue weighted by Crippen LogP contribution is 2.28. The summed E-state index contributed by atoms with van der Waals surface area (Å²) in [5.74, 6) is 0.923. The van der Waals surface area contributed by atoms with Crippen molar-refractivity contribution in [3.05, 3.63) is 58.9 Å². The first-order valence-electron chi connectivity index (χ1n) is 5.61. The predicted molar refractivity (Wildman–Crippen MR) is 70.7 cm³/mol. The second kappa shape index (κ2) is 5.85. The summed E-state index contributed by atoms with van der Waals surface area (Å²) in [6.07, 6.45) is 0.702. The van der Waals surface area contributed by atoms with Gasteiger partial charge in [0.25, 0.3) is 0 Å². The summed E-state index contributed by atoms with van der Waals surface area (Å²) in [5.41, 5.74) is 6.52. The topological polar surface area (TPSA) is 35.2 Å². The second-order valence-electron chi connectivity index (χ2n) is 3.85. The third-order valence-electron chi connectivity index (χ3n) is 2.48. The number of rotatable bonds is 4. The van der Waals surface area contributed by atoms with E-state index in [1.54, 1.807) is 24.3 Å². The van der Waals surface area contributed by atoms with Crippen molar-refractivity contribution in [2.24, 2.45) is 5.73 Å². The number of hydrogen-bond acceptors (Lipinski definition) is 2. The van der Waals surface area contributed by atoms with E-state index >= 15 is 0 Å². The molecule has 0 aliphatic rings. The van der Waals surface area contributed by atoms with E-state index in [1.807, 2.05) is 6.07 Å². The fourth-order valence-corrected chi connectivity index (χ4v) is 1.78. The number of halogens is 2. The lowest BCUT2D eigenvalue weighted by Gasteiger charge is -2.11. The van der Waals surface area contributed by atoms with Crippen LogP contribution in [0.4, 0.5) is 4.39 Å². The molecular weight excluding hydrogens is 253 g/mol. The zero-order valence-corrected chi connectivity index (χ0v) is 10.5. The smallest absolute Gasteiger partial charge is 0.132 e. The minimum absolute atomic E-state index is 0.296. The fourth-order valence-electron chi connectivity index (χ4n) is 1.62. The molecule has 0 bridgehead atoms. The molecule has 2 rings (SSSR count). The maximum Gasteiger partial charge on any atom is 0.132 e. The van der Waals surface area contributed by atoms with Crippen LogP contribution in [-0.4, -0.2) is 6.54 Å². The quantitative estimate of drug-likeness (QED) is 0.913. The zero-order chi connectivity index (χ0) is 13.0. The van der Waals surface area contributed by atoms with Crippen molar-refractivity contribution in [2.45, 2.75) is 6.42 Å². The van der Waals surface area contributed by atoms with E-state index in [-0.39, 0.29) is 5.82 Å². The van der Waals surface area contributed by atoms with Crippen molar-refractivity contribution in [3.8, 4) is 11.5 Å². The summed E-state index contributed by atoms with van der Waals surface area (Å²) in [6, 6.07) is 11.3. The van der Waals surface area contributed by atoms with Crippen molar-refractivity contribution in [1.82, 2.24) is 0 Å². The molecule has 0 radical (unpaired) electrons. The van der Waals surface area contributed by atoms with Crippen LogP contribution in [0.15, 0.2) is 42.5 Å². The minimum atomic E-state index is -0.296. The lowest BCUT2D eigenvalue weighted by molar-refractivity contribution is 0.474. The highest BCUT2D eigenvalue weighted by atomic mass is 35.5. The summed E-state index contributed by atoms with van der Waals surface area (Å²) >= 11 is 5.94. The van der Waals surface area contributed by atoms with Gasteiger partial charge < -0.3 is 10.5 Å². The molecule has 2 aromatic carbocycles. The highest BCUT2D eigenvalue weighted by Gasteiger charge is 2.06. The Bertz CT molecular complexity index is 528. The SMILES string of the molecule is NCCc1ccc(Cl)cc1Oc1ccc(F)cc1. The van der Waals surface area contributed by atoms with E-state index < -0.39 is 0 Å². The number of hydrogen-bond donors (Lipinski definition) is 1. The molecule has 0 fully saturated rings. The Balaban J connectivity index is 2.26. The second-order valence-corrected chi connectivity index (χ2v) is 4.28. The van der Waals surface area contributed by atoms with Crippen LogP contribution in [0.25, 0.3) is 0 Å². The molecule has 0 aromatic heterocycles. The maximum absolute atomic E-state index is 12.8. The van der Waals surface area contributed by atoms with Crippen molar-refractivity contribution in [2.75, 3.05) is 6.54 Å². The van der Waals surface area contributed by atoms with E-state index in [4.69, 9.17) is 22.1 Å². The van der Waals surface area contributed by atoms with E-state index in [9.17, 15) is 4.39 Å². The Morgan fingerprint density at radius 3 is 2.50 bits per heavy atom. The van der Waals surface area contributed by atoms with E-state index in [1.165, 1.54) is 12.1 Å². The van der Waals surface area contributed by atoms with Crippen LogP contribution in [-0.2, 0) is 6.42 Å². The van der Waals surface area contributed by atoms with Crippen LogP contribution < -0.4 is 10.5 Å². The summed E-state index contributed by atoms with van der Waals surface area (Å²) in [6.45, 7) is 0.529. The molecular formula is C14H13ClFNO. The van der Waals surface area contributed by atoms with Crippen molar-refractivity contribution >= 4 is 11.6 Å². The summed E-state index contributed by atoms with van der Waals surface area (Å²) in [5, 5.41) is 0.591. The van der Waals surface area contributed by atoms with Gasteiger partial charge in [-0.2, -0.15) is 0 Å². The largest absolute Gasteiger partial charge is 0.457 e. The number of benzene rings is 2. The third-order valence-corrected chi connectivity index (χ3v) is 2.72. The van der Waals surface area contributed by atoms with Crippen LogP contribution in [0.5, 0.6) is 11.5 Å². The van der Waals surface area contributed by atoms with E-state index in [2.05, 4.69) is 0 Å². The van der Waals surface area contributed by atoms with Gasteiger partial charge in [-0.05, 0) is 54.9 Å². The Hall–Kier alpha value is -1.58. The monoisotopic (exact) mass is 265 g/mol. The minimum Gasteiger partial charge on any atom is -0.457 e. The molecule has 2 nitrogen and oxygen atoms in total. The van der Waals surface area contributed by atoms with E-state index in [0.717, 1.165) is 5.56 Å². The number of ether oxygens (including phenoxy) is 1. The van der Waals surface area contributed by atoms with Crippen LogP contribution in [0, 0.1) is 5.82 Å². The number of nitrogens with two attached hydrogens (primary N) is 1. The first kappa shape index (κ1) is 12.9. The fraction of sp³-hybridized carbons (Fsp3) is 0.143. The van der Waals surface area contributed by atoms with Gasteiger partial charge in [-0.15, -0.1) is 0 Å². The lowest BCUT2D eigenvalue weighted by Crippen LogP contribution is -2.04. The summed E-state index contributed by atoms with van der Waals surface area (Å²) in [4.78, 5) is 0. The zero-order valence-electron chi connectivity index (χ0n) is 9.70. The van der Waals surface area contributed by atoms with Crippen molar-refractivity contribution < 1.29 is 9.13 Å². The molecule has 0 saturated heterocycles. The molecule has 2 N–H and O–H groups in total. The molecule has 0 aliphatic carbocycles. The first-order valence-corrected chi connectivity index (χ1v) is 5.99. The third kappa shape index (κ3) is 3.22. The molecule has 94 valence electrons. The van der Waals surface area contributed by atoms with Gasteiger partial charge >= 0.3 is 0 Å². The Morgan fingerprint density at radius 2 is 1.83 bits per heavy atom. The molecule has 4 heteroatoms. The van der Waals surface area contributed by atoms with Gasteiger partial charge in [0.2, 0.25) is 0 Å².